The Hall–Kier alpha value is -1.72. The van der Waals surface area contributed by atoms with Crippen LogP contribution in [0.3, 0.4) is 0 Å². The topological polar surface area (TPSA) is 79.5 Å². The van der Waals surface area contributed by atoms with Gasteiger partial charge in [0.05, 0.1) is 0 Å². The normalized spacial score (nSPS) is 11.1. The van der Waals surface area contributed by atoms with Crippen LogP contribution in [-0.4, -0.2) is 30.8 Å². The lowest BCUT2D eigenvalue weighted by atomic mass is 10.2. The molecule has 0 aliphatic carbocycles. The summed E-state index contributed by atoms with van der Waals surface area (Å²) in [4.78, 5) is 22.4. The lowest BCUT2D eigenvalue weighted by molar-refractivity contribution is 0.0528. The number of hydrogen-bond donors (Lipinski definition) is 3. The molecule has 0 rings (SSSR count). The zero-order valence-electron chi connectivity index (χ0n) is 11.5. The van der Waals surface area contributed by atoms with Crippen LogP contribution >= 0.6 is 0 Å². The Bertz CT molecular complexity index is 295. The summed E-state index contributed by atoms with van der Waals surface area (Å²) in [6.45, 7) is 8.00. The molecule has 0 heterocycles. The number of ether oxygens (including phenoxy) is 1. The molecule has 0 unspecified atom stereocenters. The van der Waals surface area contributed by atoms with E-state index >= 15 is 0 Å². The van der Waals surface area contributed by atoms with Crippen LogP contribution in [0.25, 0.3) is 0 Å². The Balaban J connectivity index is 3.59. The molecule has 104 valence electrons. The second-order valence-corrected chi connectivity index (χ2v) is 4.64. The van der Waals surface area contributed by atoms with Crippen LogP contribution in [0.5, 0.6) is 0 Å². The minimum Gasteiger partial charge on any atom is -0.444 e. The largest absolute Gasteiger partial charge is 0.444 e. The van der Waals surface area contributed by atoms with Gasteiger partial charge in [-0.2, -0.15) is 0 Å². The number of hydrogen-bond acceptors (Lipinski definition) is 3. The third kappa shape index (κ3) is 10.8. The third-order valence-electron chi connectivity index (χ3n) is 1.65. The van der Waals surface area contributed by atoms with Crippen molar-refractivity contribution < 1.29 is 14.3 Å². The molecule has 0 radical (unpaired) electrons. The Labute approximate surface area is 108 Å². The van der Waals surface area contributed by atoms with Crippen LogP contribution in [0.15, 0.2) is 12.3 Å². The van der Waals surface area contributed by atoms with Gasteiger partial charge in [0.15, 0.2) is 0 Å². The first kappa shape index (κ1) is 16.3. The van der Waals surface area contributed by atoms with Gasteiger partial charge in [-0.05, 0) is 27.2 Å². The van der Waals surface area contributed by atoms with Gasteiger partial charge in [0, 0.05) is 19.3 Å². The Morgan fingerprint density at radius 2 is 1.78 bits per heavy atom. The van der Waals surface area contributed by atoms with Crippen LogP contribution < -0.4 is 16.0 Å². The van der Waals surface area contributed by atoms with Gasteiger partial charge in [-0.25, -0.2) is 9.59 Å². The van der Waals surface area contributed by atoms with Crippen molar-refractivity contribution in [2.75, 3.05) is 13.1 Å². The number of carbonyl (C=O) groups excluding carboxylic acids is 2. The molecule has 0 fully saturated rings. The van der Waals surface area contributed by atoms with E-state index in [2.05, 4.69) is 16.0 Å². The molecule has 0 aliphatic heterocycles. The number of urea groups is 1. The Morgan fingerprint density at radius 3 is 2.33 bits per heavy atom. The smallest absolute Gasteiger partial charge is 0.407 e. The van der Waals surface area contributed by atoms with Crippen molar-refractivity contribution >= 4 is 12.1 Å². The van der Waals surface area contributed by atoms with Gasteiger partial charge in [0.25, 0.3) is 0 Å². The first-order valence-corrected chi connectivity index (χ1v) is 6.01. The number of rotatable bonds is 5. The minimum atomic E-state index is -0.514. The van der Waals surface area contributed by atoms with Crippen LogP contribution in [0.2, 0.25) is 0 Å². The fourth-order valence-corrected chi connectivity index (χ4v) is 0.958. The van der Waals surface area contributed by atoms with E-state index in [1.165, 1.54) is 0 Å². The molecule has 0 aromatic carbocycles. The van der Waals surface area contributed by atoms with Crippen LogP contribution in [0.4, 0.5) is 9.59 Å². The molecular weight excluding hydrogens is 234 g/mol. The summed E-state index contributed by atoms with van der Waals surface area (Å²) >= 11 is 0. The monoisotopic (exact) mass is 257 g/mol. The summed E-state index contributed by atoms with van der Waals surface area (Å²) in [5.41, 5.74) is -0.514. The average molecular weight is 257 g/mol. The average Bonchev–Trinajstić information content (AvgIpc) is 2.22. The number of allylic oxidation sites excluding steroid dienone is 1. The molecule has 0 spiro atoms. The van der Waals surface area contributed by atoms with Gasteiger partial charge >= 0.3 is 12.1 Å². The van der Waals surface area contributed by atoms with Crippen LogP contribution in [0, 0.1) is 0 Å². The number of amides is 3. The molecule has 0 bridgehead atoms. The fraction of sp³-hybridized carbons (Fsp3) is 0.667. The van der Waals surface area contributed by atoms with Crippen molar-refractivity contribution in [2.45, 2.75) is 39.7 Å². The Morgan fingerprint density at radius 1 is 1.17 bits per heavy atom. The second-order valence-electron chi connectivity index (χ2n) is 4.64. The van der Waals surface area contributed by atoms with E-state index in [9.17, 15) is 9.59 Å². The van der Waals surface area contributed by atoms with Gasteiger partial charge in [0.2, 0.25) is 0 Å². The molecule has 3 N–H and O–H groups in total. The van der Waals surface area contributed by atoms with Crippen molar-refractivity contribution in [2.24, 2.45) is 0 Å². The highest BCUT2D eigenvalue weighted by atomic mass is 16.6. The van der Waals surface area contributed by atoms with Crippen molar-refractivity contribution in [1.82, 2.24) is 16.0 Å². The zero-order chi connectivity index (χ0) is 14.0. The first-order chi connectivity index (χ1) is 8.35. The zero-order valence-corrected chi connectivity index (χ0v) is 11.5. The molecule has 6 heteroatoms. The molecule has 0 aliphatic rings. The maximum atomic E-state index is 11.2. The van der Waals surface area contributed by atoms with Crippen LogP contribution in [0.1, 0.15) is 34.1 Å². The summed E-state index contributed by atoms with van der Waals surface area (Å²) in [6.07, 6.45) is 3.78. The lowest BCUT2D eigenvalue weighted by Crippen LogP contribution is -2.40. The quantitative estimate of drug-likeness (QED) is 0.656. The summed E-state index contributed by atoms with van der Waals surface area (Å²) in [6, 6.07) is -0.300. The maximum Gasteiger partial charge on any atom is 0.407 e. The molecule has 0 aromatic rings. The van der Waals surface area contributed by atoms with Crippen molar-refractivity contribution in [3.8, 4) is 0 Å². The van der Waals surface area contributed by atoms with Gasteiger partial charge in [0.1, 0.15) is 5.60 Å². The van der Waals surface area contributed by atoms with E-state index in [-0.39, 0.29) is 6.03 Å². The summed E-state index contributed by atoms with van der Waals surface area (Å²) < 4.78 is 5.03. The molecule has 6 nitrogen and oxygen atoms in total. The highest BCUT2D eigenvalue weighted by Gasteiger charge is 2.15. The van der Waals surface area contributed by atoms with Gasteiger partial charge in [-0.15, -0.1) is 0 Å². The van der Waals surface area contributed by atoms with E-state index in [1.54, 1.807) is 27.0 Å². The van der Waals surface area contributed by atoms with E-state index in [4.69, 9.17) is 4.74 Å². The van der Waals surface area contributed by atoms with Gasteiger partial charge in [-0.1, -0.05) is 13.0 Å². The molecule has 18 heavy (non-hydrogen) atoms. The number of nitrogens with one attached hydrogen (secondary N) is 3. The third-order valence-corrected chi connectivity index (χ3v) is 1.65. The fourth-order valence-electron chi connectivity index (χ4n) is 0.958. The van der Waals surface area contributed by atoms with Crippen molar-refractivity contribution in [3.63, 3.8) is 0 Å². The molecule has 3 amide bonds. The minimum absolute atomic E-state index is 0.300. The number of alkyl carbamates (subject to hydrolysis) is 1. The van der Waals surface area contributed by atoms with Gasteiger partial charge < -0.3 is 20.7 Å². The van der Waals surface area contributed by atoms with Gasteiger partial charge in [-0.3, -0.25) is 0 Å². The van der Waals surface area contributed by atoms with Crippen molar-refractivity contribution in [1.29, 1.82) is 0 Å². The maximum absolute atomic E-state index is 11.2. The first-order valence-electron chi connectivity index (χ1n) is 6.01. The molecular formula is C12H23N3O3. The predicted molar refractivity (Wildman–Crippen MR) is 70.2 cm³/mol. The summed E-state index contributed by atoms with van der Waals surface area (Å²) in [7, 11) is 0. The molecule has 0 saturated carbocycles. The van der Waals surface area contributed by atoms with Crippen LogP contribution in [-0.2, 0) is 4.74 Å². The SMILES string of the molecule is CC/C=C/NC(=O)NCCNC(=O)OC(C)(C)C. The highest BCUT2D eigenvalue weighted by Crippen LogP contribution is 2.05. The highest BCUT2D eigenvalue weighted by molar-refractivity contribution is 5.75. The van der Waals surface area contributed by atoms with E-state index in [1.807, 2.05) is 13.0 Å². The summed E-state index contributed by atoms with van der Waals surface area (Å²) in [5, 5.41) is 7.66. The van der Waals surface area contributed by atoms with Crippen molar-refractivity contribution in [3.05, 3.63) is 12.3 Å². The van der Waals surface area contributed by atoms with E-state index < -0.39 is 11.7 Å². The standard InChI is InChI=1S/C12H23N3O3/c1-5-6-7-13-10(16)14-8-9-15-11(17)18-12(2,3)4/h6-7H,5,8-9H2,1-4H3,(H,15,17)(H2,13,14,16)/b7-6+. The van der Waals surface area contributed by atoms with E-state index in [0.29, 0.717) is 13.1 Å². The predicted octanol–water partition coefficient (Wildman–Crippen LogP) is 1.73. The molecule has 0 aromatic heterocycles. The molecule has 0 atom stereocenters. The lowest BCUT2D eigenvalue weighted by Gasteiger charge is -2.19. The van der Waals surface area contributed by atoms with E-state index in [0.717, 1.165) is 6.42 Å². The number of carbonyl (C=O) groups is 2. The molecule has 0 saturated heterocycles. The summed E-state index contributed by atoms with van der Waals surface area (Å²) in [5.74, 6) is 0. The second kappa shape index (κ2) is 8.38. The Kier molecular flexibility index (Phi) is 7.58.